The van der Waals surface area contributed by atoms with Crippen LogP contribution < -0.4 is 0 Å². The van der Waals surface area contributed by atoms with Gasteiger partial charge in [0.1, 0.15) is 0 Å². The molecule has 0 aliphatic heterocycles. The Labute approximate surface area is 29.8 Å². The molecule has 0 aliphatic rings. The molecule has 0 N–H and O–H groups in total. The van der Waals surface area contributed by atoms with Crippen molar-refractivity contribution in [1.29, 1.82) is 0 Å². The Morgan fingerprint density at radius 3 is 2.40 bits per heavy atom. The molecule has 0 heterocycles. The van der Waals surface area contributed by atoms with Crippen molar-refractivity contribution in [3.05, 3.63) is 12.8 Å². The number of nitrogens with zero attached hydrogens (tertiary/aromatic N) is 1. The van der Waals surface area contributed by atoms with Gasteiger partial charge in [-0.3, -0.25) is 0 Å². The standard InChI is InChI=1S/C3H4FN/c1-2-5-3-4/h2-3H,1H2. The summed E-state index contributed by atoms with van der Waals surface area (Å²) >= 11 is 0. The molecule has 0 atom stereocenters. The summed E-state index contributed by atoms with van der Waals surface area (Å²) < 4.78 is 10.6. The van der Waals surface area contributed by atoms with Crippen molar-refractivity contribution >= 4 is 6.47 Å². The zero-order chi connectivity index (χ0) is 4.12. The van der Waals surface area contributed by atoms with E-state index in [0.29, 0.717) is 0 Å². The van der Waals surface area contributed by atoms with E-state index < -0.39 is 0 Å². The summed E-state index contributed by atoms with van der Waals surface area (Å²) in [5, 5.41) is 0. The van der Waals surface area contributed by atoms with Gasteiger partial charge in [0.2, 0.25) is 0 Å². The van der Waals surface area contributed by atoms with Crippen LogP contribution in [0.5, 0.6) is 0 Å². The lowest BCUT2D eigenvalue weighted by Crippen LogP contribution is -1.43. The van der Waals surface area contributed by atoms with Crippen molar-refractivity contribution in [2.75, 3.05) is 0 Å². The maximum absolute atomic E-state index is 10.6. The van der Waals surface area contributed by atoms with E-state index in [-0.39, 0.29) is 6.47 Å². The molecule has 0 fully saturated rings. The molecule has 2 heteroatoms. The van der Waals surface area contributed by atoms with E-state index >= 15 is 0 Å². The molecule has 0 aromatic heterocycles. The summed E-state index contributed by atoms with van der Waals surface area (Å²) in [4.78, 5) is 2.94. The highest BCUT2D eigenvalue weighted by Crippen LogP contribution is 1.59. The van der Waals surface area contributed by atoms with Gasteiger partial charge in [0.05, 0.1) is 0 Å². The highest BCUT2D eigenvalue weighted by molar-refractivity contribution is 5.45. The third-order valence-corrected chi connectivity index (χ3v) is 0.162. The third-order valence-electron chi connectivity index (χ3n) is 0.162. The molecule has 1 nitrogen and oxygen atoms in total. The predicted molar refractivity (Wildman–Crippen MR) is 19.8 cm³/mol. The second-order valence-corrected chi connectivity index (χ2v) is 0.429. The second-order valence-electron chi connectivity index (χ2n) is 0.429. The van der Waals surface area contributed by atoms with Crippen LogP contribution in [0.1, 0.15) is 0 Å². The smallest absolute Gasteiger partial charge is 0.175 e. The molecule has 0 aromatic carbocycles. The average molecular weight is 73.1 g/mol. The Kier molecular flexibility index (Phi) is 2.90. The van der Waals surface area contributed by atoms with Crippen LogP contribution in [0.4, 0.5) is 4.39 Å². The van der Waals surface area contributed by atoms with Crippen LogP contribution >= 0.6 is 0 Å². The summed E-state index contributed by atoms with van der Waals surface area (Å²) in [6.07, 6.45) is 1.12. The Bertz CT molecular complexity index is 48.9. The number of rotatable bonds is 1. The molecule has 5 heavy (non-hydrogen) atoms. The van der Waals surface area contributed by atoms with Gasteiger partial charge in [0.25, 0.3) is 0 Å². The zero-order valence-electron chi connectivity index (χ0n) is 2.69. The molecule has 0 radical (unpaired) electrons. The van der Waals surface area contributed by atoms with Gasteiger partial charge in [-0.15, -0.1) is 0 Å². The van der Waals surface area contributed by atoms with Crippen LogP contribution in [0.2, 0.25) is 0 Å². The van der Waals surface area contributed by atoms with Gasteiger partial charge >= 0.3 is 0 Å². The first-order chi connectivity index (χ1) is 2.41. The van der Waals surface area contributed by atoms with Crippen molar-refractivity contribution in [2.45, 2.75) is 0 Å². The van der Waals surface area contributed by atoms with E-state index in [1.165, 1.54) is 0 Å². The molecule has 0 unspecified atom stereocenters. The van der Waals surface area contributed by atoms with Gasteiger partial charge in [-0.1, -0.05) is 6.58 Å². The van der Waals surface area contributed by atoms with Crippen molar-refractivity contribution in [3.8, 4) is 0 Å². The van der Waals surface area contributed by atoms with Crippen molar-refractivity contribution in [2.24, 2.45) is 4.99 Å². The molecular formula is C3H4FN. The van der Waals surface area contributed by atoms with Crippen LogP contribution in [-0.4, -0.2) is 6.47 Å². The first-order valence-electron chi connectivity index (χ1n) is 1.14. The molecule has 0 bridgehead atoms. The Morgan fingerprint density at radius 2 is 2.40 bits per heavy atom. The molecular weight excluding hydrogens is 69.0 g/mol. The second kappa shape index (κ2) is 3.34. The summed E-state index contributed by atoms with van der Waals surface area (Å²) in [6.45, 7) is 3.30. The van der Waals surface area contributed by atoms with Gasteiger partial charge in [0.15, 0.2) is 6.47 Å². The molecule has 28 valence electrons. The van der Waals surface area contributed by atoms with Crippen LogP contribution in [0.25, 0.3) is 0 Å². The maximum Gasteiger partial charge on any atom is 0.175 e. The first kappa shape index (κ1) is 4.34. The lowest BCUT2D eigenvalue weighted by atomic mass is 11.1. The maximum atomic E-state index is 10.6. The predicted octanol–water partition coefficient (Wildman–Crippen LogP) is 1.13. The minimum atomic E-state index is 0.188. The van der Waals surface area contributed by atoms with Crippen LogP contribution in [0.3, 0.4) is 0 Å². The summed E-state index contributed by atoms with van der Waals surface area (Å²) in [7, 11) is 0. The van der Waals surface area contributed by atoms with E-state index in [0.717, 1.165) is 6.20 Å². The average Bonchev–Trinajstić information content (AvgIpc) is 1.41. The minimum Gasteiger partial charge on any atom is -0.236 e. The Morgan fingerprint density at radius 1 is 1.80 bits per heavy atom. The highest BCUT2D eigenvalue weighted by atomic mass is 19.1. The topological polar surface area (TPSA) is 12.4 Å². The van der Waals surface area contributed by atoms with Crippen molar-refractivity contribution in [1.82, 2.24) is 0 Å². The van der Waals surface area contributed by atoms with Gasteiger partial charge in [0, 0.05) is 6.20 Å². The van der Waals surface area contributed by atoms with E-state index in [4.69, 9.17) is 0 Å². The van der Waals surface area contributed by atoms with Gasteiger partial charge in [-0.25, -0.2) is 4.99 Å². The van der Waals surface area contributed by atoms with E-state index in [1.807, 2.05) is 0 Å². The van der Waals surface area contributed by atoms with E-state index in [2.05, 4.69) is 11.6 Å². The SMILES string of the molecule is C=CN=CF. The Hall–Kier alpha value is -0.660. The molecule has 0 amide bonds. The van der Waals surface area contributed by atoms with Crippen molar-refractivity contribution < 1.29 is 4.39 Å². The summed E-state index contributed by atoms with van der Waals surface area (Å²) in [5.41, 5.74) is 0. The van der Waals surface area contributed by atoms with Gasteiger partial charge < -0.3 is 0 Å². The van der Waals surface area contributed by atoms with Crippen molar-refractivity contribution in [3.63, 3.8) is 0 Å². The molecule has 0 spiro atoms. The molecule has 0 aliphatic carbocycles. The lowest BCUT2D eigenvalue weighted by Gasteiger charge is -1.55. The fraction of sp³-hybridized carbons (Fsp3) is 0. The monoisotopic (exact) mass is 73.0 g/mol. The van der Waals surface area contributed by atoms with E-state index in [9.17, 15) is 4.39 Å². The van der Waals surface area contributed by atoms with Gasteiger partial charge in [-0.2, -0.15) is 4.39 Å². The van der Waals surface area contributed by atoms with E-state index in [1.54, 1.807) is 0 Å². The lowest BCUT2D eigenvalue weighted by molar-refractivity contribution is 0.841. The summed E-state index contributed by atoms with van der Waals surface area (Å²) in [6, 6.07) is 0. The van der Waals surface area contributed by atoms with Crippen LogP contribution in [0.15, 0.2) is 17.8 Å². The molecule has 0 saturated heterocycles. The highest BCUT2D eigenvalue weighted by Gasteiger charge is 1.44. The fourth-order valence-electron chi connectivity index (χ4n) is 0.0398. The van der Waals surface area contributed by atoms with Gasteiger partial charge in [-0.05, 0) is 0 Å². The number of hydrogen-bond donors (Lipinski definition) is 0. The number of halogens is 1. The quantitative estimate of drug-likeness (QED) is 0.412. The molecule has 0 rings (SSSR count). The molecule has 0 saturated carbocycles. The normalized spacial score (nSPS) is 9.00. The third kappa shape index (κ3) is 3.34. The number of aliphatic imine (C=N–C) groups is 1. The fourth-order valence-corrected chi connectivity index (χ4v) is 0.0398. The Balaban J connectivity index is 2.92. The number of hydrogen-bond acceptors (Lipinski definition) is 1. The minimum absolute atomic E-state index is 0.188. The van der Waals surface area contributed by atoms with Crippen LogP contribution in [-0.2, 0) is 0 Å². The largest absolute Gasteiger partial charge is 0.236 e. The van der Waals surface area contributed by atoms with Crippen LogP contribution in [0, 0.1) is 0 Å². The first-order valence-corrected chi connectivity index (χ1v) is 1.14. The zero-order valence-corrected chi connectivity index (χ0v) is 2.69. The molecule has 0 aromatic rings. The summed E-state index contributed by atoms with van der Waals surface area (Å²) in [5.74, 6) is 0.